The number of ether oxygens (including phenoxy) is 1. The molecule has 9 nitrogen and oxygen atoms in total. The zero-order valence-electron chi connectivity index (χ0n) is 20.7. The Morgan fingerprint density at radius 1 is 1.08 bits per heavy atom. The van der Waals surface area contributed by atoms with Gasteiger partial charge in [-0.15, -0.1) is 0 Å². The minimum absolute atomic E-state index is 0.0385. The summed E-state index contributed by atoms with van der Waals surface area (Å²) in [7, 11) is 0. The van der Waals surface area contributed by atoms with Crippen LogP contribution in [0.5, 0.6) is 11.8 Å². The fourth-order valence-electron chi connectivity index (χ4n) is 4.16. The quantitative estimate of drug-likeness (QED) is 0.281. The maximum atomic E-state index is 15.5. The number of aromatic nitrogens is 5. The summed E-state index contributed by atoms with van der Waals surface area (Å²) in [5.74, 6) is -4.11. The van der Waals surface area contributed by atoms with E-state index in [4.69, 9.17) is 10.5 Å². The van der Waals surface area contributed by atoms with E-state index in [0.717, 1.165) is 12.1 Å². The Morgan fingerprint density at radius 3 is 2.59 bits per heavy atom. The van der Waals surface area contributed by atoms with Gasteiger partial charge in [-0.2, -0.15) is 0 Å². The third kappa shape index (κ3) is 4.52. The lowest BCUT2D eigenvalue weighted by Gasteiger charge is -2.15. The molecule has 5 rings (SSSR count). The van der Waals surface area contributed by atoms with Crippen molar-refractivity contribution in [2.45, 2.75) is 13.8 Å². The Kier molecular flexibility index (Phi) is 6.44. The molecular formula is C27H20F3N7O2. The number of hydrogen-bond acceptors (Lipinski definition) is 7. The van der Waals surface area contributed by atoms with Crippen molar-refractivity contribution in [3.8, 4) is 28.7 Å². The second kappa shape index (κ2) is 9.89. The molecule has 0 aliphatic carbocycles. The van der Waals surface area contributed by atoms with Crippen LogP contribution >= 0.6 is 0 Å². The van der Waals surface area contributed by atoms with Crippen LogP contribution in [0, 0.1) is 31.3 Å². The molecule has 0 radical (unpaired) electrons. The van der Waals surface area contributed by atoms with E-state index in [0.29, 0.717) is 16.8 Å². The van der Waals surface area contributed by atoms with E-state index < -0.39 is 23.4 Å². The van der Waals surface area contributed by atoms with Gasteiger partial charge in [0.1, 0.15) is 11.8 Å². The molecule has 196 valence electrons. The number of nitrogens with zero attached hydrogens (tertiary/aromatic N) is 5. The third-order valence-corrected chi connectivity index (χ3v) is 5.94. The molecule has 0 atom stereocenters. The second-order valence-corrected chi connectivity index (χ2v) is 8.44. The van der Waals surface area contributed by atoms with Crippen molar-refractivity contribution in [1.82, 2.24) is 24.5 Å². The molecule has 1 amide bonds. The predicted octanol–water partition coefficient (Wildman–Crippen LogP) is 5.41. The topological polar surface area (TPSA) is 121 Å². The minimum Gasteiger partial charge on any atom is -0.421 e. The van der Waals surface area contributed by atoms with E-state index in [-0.39, 0.29) is 45.7 Å². The molecule has 0 saturated carbocycles. The van der Waals surface area contributed by atoms with Gasteiger partial charge in [-0.1, -0.05) is 6.58 Å². The van der Waals surface area contributed by atoms with Crippen LogP contribution in [0.3, 0.4) is 0 Å². The Bertz CT molecular complexity index is 1790. The monoisotopic (exact) mass is 531 g/mol. The number of benzene rings is 2. The molecule has 2 aromatic carbocycles. The largest absolute Gasteiger partial charge is 0.421 e. The van der Waals surface area contributed by atoms with E-state index in [1.54, 1.807) is 19.9 Å². The smallest absolute Gasteiger partial charge is 0.322 e. The van der Waals surface area contributed by atoms with Gasteiger partial charge >= 0.3 is 6.01 Å². The van der Waals surface area contributed by atoms with Gasteiger partial charge in [-0.25, -0.2) is 33.1 Å². The first-order valence-electron chi connectivity index (χ1n) is 11.5. The van der Waals surface area contributed by atoms with Crippen molar-refractivity contribution < 1.29 is 22.7 Å². The highest BCUT2D eigenvalue weighted by atomic mass is 19.2. The van der Waals surface area contributed by atoms with Gasteiger partial charge in [0.15, 0.2) is 29.0 Å². The standard InChI is InChI=1S/C27H20F3N7O2/c1-4-20(38)36-18-7-6-16(21(29)22(18)30)24-14(3)23-25(26(31)34-12-33-23)37(24)15-5-8-19(17(28)11-15)39-27-32-10-9-13(2)35-27/h4-12H,1H2,2-3H3,(H,36,38)(H2,31,33,34). The van der Waals surface area contributed by atoms with Crippen molar-refractivity contribution in [2.24, 2.45) is 0 Å². The van der Waals surface area contributed by atoms with Crippen molar-refractivity contribution in [1.29, 1.82) is 0 Å². The van der Waals surface area contributed by atoms with Gasteiger partial charge in [0.2, 0.25) is 5.91 Å². The van der Waals surface area contributed by atoms with Gasteiger partial charge in [0.25, 0.3) is 0 Å². The van der Waals surface area contributed by atoms with Crippen molar-refractivity contribution in [3.05, 3.63) is 90.3 Å². The van der Waals surface area contributed by atoms with Gasteiger partial charge in [-0.3, -0.25) is 4.79 Å². The first kappa shape index (κ1) is 25.4. The number of aryl methyl sites for hydroxylation is 2. The average Bonchev–Trinajstić information content (AvgIpc) is 3.21. The van der Waals surface area contributed by atoms with Crippen LogP contribution in [0.15, 0.2) is 61.6 Å². The summed E-state index contributed by atoms with van der Waals surface area (Å²) < 4.78 is 52.7. The maximum absolute atomic E-state index is 15.5. The molecule has 0 aliphatic heterocycles. The number of anilines is 2. The van der Waals surface area contributed by atoms with Crippen LogP contribution in [0.1, 0.15) is 11.3 Å². The lowest BCUT2D eigenvalue weighted by Crippen LogP contribution is -2.10. The Hall–Kier alpha value is -5.26. The van der Waals surface area contributed by atoms with Crippen LogP contribution in [-0.2, 0) is 4.79 Å². The Labute approximate surface area is 219 Å². The highest BCUT2D eigenvalue weighted by Gasteiger charge is 2.26. The molecule has 0 bridgehead atoms. The fourth-order valence-corrected chi connectivity index (χ4v) is 4.16. The molecule has 0 fully saturated rings. The van der Waals surface area contributed by atoms with Crippen LogP contribution in [-0.4, -0.2) is 30.4 Å². The predicted molar refractivity (Wildman–Crippen MR) is 139 cm³/mol. The number of fused-ring (bicyclic) bond motifs is 1. The number of carbonyl (C=O) groups excluding carboxylic acids is 1. The summed E-state index contributed by atoms with van der Waals surface area (Å²) >= 11 is 0. The first-order chi connectivity index (χ1) is 18.7. The lowest BCUT2D eigenvalue weighted by atomic mass is 10.1. The fraction of sp³-hybridized carbons (Fsp3) is 0.0741. The van der Waals surface area contributed by atoms with E-state index in [1.807, 2.05) is 0 Å². The van der Waals surface area contributed by atoms with Gasteiger partial charge in [-0.05, 0) is 50.3 Å². The average molecular weight is 531 g/mol. The summed E-state index contributed by atoms with van der Waals surface area (Å²) in [5, 5.41) is 2.22. The Balaban J connectivity index is 1.69. The lowest BCUT2D eigenvalue weighted by molar-refractivity contribution is -0.111. The molecule has 3 N–H and O–H groups in total. The Morgan fingerprint density at radius 2 is 1.87 bits per heavy atom. The van der Waals surface area contributed by atoms with E-state index >= 15 is 13.2 Å². The van der Waals surface area contributed by atoms with Crippen molar-refractivity contribution in [3.63, 3.8) is 0 Å². The van der Waals surface area contributed by atoms with Gasteiger partial charge in [0.05, 0.1) is 16.9 Å². The molecule has 39 heavy (non-hydrogen) atoms. The summed E-state index contributed by atoms with van der Waals surface area (Å²) in [4.78, 5) is 28.0. The van der Waals surface area contributed by atoms with Gasteiger partial charge in [0, 0.05) is 34.8 Å². The maximum Gasteiger partial charge on any atom is 0.322 e. The molecule has 0 unspecified atom stereocenters. The van der Waals surface area contributed by atoms with Crippen molar-refractivity contribution in [2.75, 3.05) is 11.1 Å². The number of carbonyl (C=O) groups is 1. The molecule has 0 spiro atoms. The SMILES string of the molecule is C=CC(=O)Nc1ccc(-c2c(C)c3ncnc(N)c3n2-c2ccc(Oc3nccc(C)n3)c(F)c2)c(F)c1F. The van der Waals surface area contributed by atoms with E-state index in [1.165, 1.54) is 41.4 Å². The number of nitrogens with one attached hydrogen (secondary N) is 1. The van der Waals surface area contributed by atoms with Crippen LogP contribution in [0.4, 0.5) is 24.7 Å². The molecular weight excluding hydrogens is 511 g/mol. The van der Waals surface area contributed by atoms with Crippen LogP contribution in [0.2, 0.25) is 0 Å². The molecule has 3 aromatic heterocycles. The minimum atomic E-state index is -1.29. The van der Waals surface area contributed by atoms with Crippen LogP contribution < -0.4 is 15.8 Å². The molecule has 0 saturated heterocycles. The normalized spacial score (nSPS) is 11.0. The highest BCUT2D eigenvalue weighted by molar-refractivity contribution is 5.99. The second-order valence-electron chi connectivity index (χ2n) is 8.44. The van der Waals surface area contributed by atoms with Gasteiger partial charge < -0.3 is 20.4 Å². The van der Waals surface area contributed by atoms with E-state index in [2.05, 4.69) is 31.8 Å². The zero-order chi connectivity index (χ0) is 27.8. The third-order valence-electron chi connectivity index (χ3n) is 5.94. The number of nitrogens with two attached hydrogens (primary N) is 1. The van der Waals surface area contributed by atoms with Crippen LogP contribution in [0.25, 0.3) is 28.0 Å². The number of amides is 1. The molecule has 3 heterocycles. The molecule has 0 aliphatic rings. The number of hydrogen-bond donors (Lipinski definition) is 2. The summed E-state index contributed by atoms with van der Waals surface area (Å²) in [5.41, 5.74) is 7.69. The number of rotatable bonds is 6. The van der Waals surface area contributed by atoms with E-state index in [9.17, 15) is 4.79 Å². The highest BCUT2D eigenvalue weighted by Crippen LogP contribution is 2.40. The first-order valence-corrected chi connectivity index (χ1v) is 11.5. The number of halogens is 3. The molecule has 5 aromatic rings. The molecule has 12 heteroatoms. The summed E-state index contributed by atoms with van der Waals surface area (Å²) in [6.07, 6.45) is 3.65. The van der Waals surface area contributed by atoms with Crippen molar-refractivity contribution >= 4 is 28.4 Å². The summed E-state index contributed by atoms with van der Waals surface area (Å²) in [6.45, 7) is 6.69. The number of nitrogen functional groups attached to an aromatic ring is 1. The zero-order valence-corrected chi connectivity index (χ0v) is 20.7. The summed E-state index contributed by atoms with van der Waals surface area (Å²) in [6, 6.07) is 8.15.